The van der Waals surface area contributed by atoms with Gasteiger partial charge >= 0.3 is 0 Å². The Labute approximate surface area is 111 Å². The number of ether oxygens (including phenoxy) is 2. The van der Waals surface area contributed by atoms with Gasteiger partial charge in [0, 0.05) is 5.02 Å². The minimum absolute atomic E-state index is 0.0562. The van der Waals surface area contributed by atoms with Gasteiger partial charge < -0.3 is 14.6 Å². The monoisotopic (exact) mass is 272 g/mol. The van der Waals surface area contributed by atoms with Crippen molar-refractivity contribution in [1.82, 2.24) is 0 Å². The lowest BCUT2D eigenvalue weighted by atomic mass is 10.2. The Morgan fingerprint density at radius 1 is 1.39 bits per heavy atom. The fourth-order valence-corrected chi connectivity index (χ4v) is 1.46. The van der Waals surface area contributed by atoms with Gasteiger partial charge in [-0.3, -0.25) is 4.79 Å². The average Bonchev–Trinajstić information content (AvgIpc) is 2.34. The topological polar surface area (TPSA) is 55.8 Å². The molecule has 0 spiro atoms. The van der Waals surface area contributed by atoms with Crippen LogP contribution in [0.15, 0.2) is 18.2 Å². The van der Waals surface area contributed by atoms with Gasteiger partial charge in [0.05, 0.1) is 18.3 Å². The molecule has 1 N–H and O–H groups in total. The highest BCUT2D eigenvalue weighted by atomic mass is 35.5. The second kappa shape index (κ2) is 7.36. The molecule has 1 atom stereocenters. The number of aliphatic hydroxyl groups excluding tert-OH is 1. The number of halogens is 1. The molecule has 0 heterocycles. The van der Waals surface area contributed by atoms with Crippen molar-refractivity contribution in [2.45, 2.75) is 26.1 Å². The third-order valence-electron chi connectivity index (χ3n) is 2.15. The number of benzene rings is 1. The van der Waals surface area contributed by atoms with E-state index in [0.29, 0.717) is 22.6 Å². The lowest BCUT2D eigenvalue weighted by molar-refractivity contribution is -0.0123. The summed E-state index contributed by atoms with van der Waals surface area (Å²) >= 11 is 5.76. The second-order valence-corrected chi connectivity index (χ2v) is 4.58. The number of hydrogen-bond donors (Lipinski definition) is 1. The first-order valence-corrected chi connectivity index (χ1v) is 6.08. The Morgan fingerprint density at radius 3 is 2.72 bits per heavy atom. The van der Waals surface area contributed by atoms with E-state index in [9.17, 15) is 9.90 Å². The third-order valence-corrected chi connectivity index (χ3v) is 2.39. The third kappa shape index (κ3) is 5.04. The molecule has 5 heteroatoms. The van der Waals surface area contributed by atoms with E-state index in [1.807, 2.05) is 13.8 Å². The molecule has 0 saturated heterocycles. The maximum absolute atomic E-state index is 10.8. The predicted molar refractivity (Wildman–Crippen MR) is 69.4 cm³/mol. The lowest BCUT2D eigenvalue weighted by Crippen LogP contribution is -2.25. The van der Waals surface area contributed by atoms with Crippen molar-refractivity contribution in [2.75, 3.05) is 13.2 Å². The van der Waals surface area contributed by atoms with Gasteiger partial charge in [-0.2, -0.15) is 0 Å². The summed E-state index contributed by atoms with van der Waals surface area (Å²) in [6.45, 7) is 4.03. The standard InChI is InChI=1S/C13H17ClO4/c1-9(2)17-7-12(16)8-18-13-4-3-11(14)5-10(13)6-15/h3-6,9,12,16H,7-8H2,1-2H3. The zero-order chi connectivity index (χ0) is 13.5. The molecule has 0 fully saturated rings. The Hall–Kier alpha value is -1.10. The van der Waals surface area contributed by atoms with E-state index in [1.54, 1.807) is 12.1 Å². The van der Waals surface area contributed by atoms with Gasteiger partial charge in [0.15, 0.2) is 6.29 Å². The summed E-state index contributed by atoms with van der Waals surface area (Å²) < 4.78 is 10.6. The molecule has 0 radical (unpaired) electrons. The maximum Gasteiger partial charge on any atom is 0.153 e. The van der Waals surface area contributed by atoms with Crippen LogP contribution in [0, 0.1) is 0 Å². The smallest absolute Gasteiger partial charge is 0.153 e. The van der Waals surface area contributed by atoms with Crippen molar-refractivity contribution in [3.05, 3.63) is 28.8 Å². The fourth-order valence-electron chi connectivity index (χ4n) is 1.28. The molecule has 1 aromatic carbocycles. The molecule has 1 unspecified atom stereocenters. The van der Waals surface area contributed by atoms with Crippen molar-refractivity contribution in [1.29, 1.82) is 0 Å². The summed E-state index contributed by atoms with van der Waals surface area (Å²) in [7, 11) is 0. The summed E-state index contributed by atoms with van der Waals surface area (Å²) in [4.78, 5) is 10.8. The second-order valence-electron chi connectivity index (χ2n) is 4.15. The number of carbonyl (C=O) groups is 1. The summed E-state index contributed by atoms with van der Waals surface area (Å²) in [5.41, 5.74) is 0.361. The molecule has 0 aliphatic carbocycles. The Morgan fingerprint density at radius 2 is 2.11 bits per heavy atom. The normalized spacial score (nSPS) is 12.5. The summed E-state index contributed by atoms with van der Waals surface area (Å²) in [6.07, 6.45) is -0.0126. The van der Waals surface area contributed by atoms with Crippen LogP contribution in [0.25, 0.3) is 0 Å². The highest BCUT2D eigenvalue weighted by Gasteiger charge is 2.09. The number of rotatable bonds is 7. The van der Waals surface area contributed by atoms with E-state index in [0.717, 1.165) is 0 Å². The van der Waals surface area contributed by atoms with Crippen LogP contribution < -0.4 is 4.74 Å². The average molecular weight is 273 g/mol. The van der Waals surface area contributed by atoms with Crippen LogP contribution in [0.3, 0.4) is 0 Å². The van der Waals surface area contributed by atoms with Crippen LogP contribution in [0.5, 0.6) is 5.75 Å². The zero-order valence-corrected chi connectivity index (χ0v) is 11.2. The summed E-state index contributed by atoms with van der Waals surface area (Å²) in [6, 6.07) is 4.74. The van der Waals surface area contributed by atoms with E-state index in [-0.39, 0.29) is 19.3 Å². The number of aliphatic hydroxyl groups is 1. The molecule has 0 aliphatic heterocycles. The number of carbonyl (C=O) groups excluding carboxylic acids is 1. The first kappa shape index (κ1) is 15.0. The van der Waals surface area contributed by atoms with Gasteiger partial charge in [-0.25, -0.2) is 0 Å². The van der Waals surface area contributed by atoms with Crippen LogP contribution in [-0.4, -0.2) is 36.8 Å². The highest BCUT2D eigenvalue weighted by molar-refractivity contribution is 6.30. The molecule has 0 bridgehead atoms. The minimum atomic E-state index is -0.734. The zero-order valence-electron chi connectivity index (χ0n) is 10.4. The highest BCUT2D eigenvalue weighted by Crippen LogP contribution is 2.21. The summed E-state index contributed by atoms with van der Waals surface area (Å²) in [5.74, 6) is 0.401. The van der Waals surface area contributed by atoms with Gasteiger partial charge in [-0.1, -0.05) is 11.6 Å². The molecule has 1 rings (SSSR count). The van der Waals surface area contributed by atoms with Gasteiger partial charge in [0.1, 0.15) is 18.5 Å². The molecular formula is C13H17ClO4. The Bertz CT molecular complexity index is 393. The first-order valence-electron chi connectivity index (χ1n) is 5.70. The van der Waals surface area contributed by atoms with E-state index in [4.69, 9.17) is 21.1 Å². The van der Waals surface area contributed by atoms with Crippen molar-refractivity contribution in [2.24, 2.45) is 0 Å². The molecule has 18 heavy (non-hydrogen) atoms. The molecule has 100 valence electrons. The maximum atomic E-state index is 10.8. The number of hydrogen-bond acceptors (Lipinski definition) is 4. The van der Waals surface area contributed by atoms with Crippen LogP contribution in [0.4, 0.5) is 0 Å². The van der Waals surface area contributed by atoms with E-state index in [2.05, 4.69) is 0 Å². The molecular weight excluding hydrogens is 256 g/mol. The van der Waals surface area contributed by atoms with E-state index in [1.165, 1.54) is 6.07 Å². The molecule has 0 aromatic heterocycles. The lowest BCUT2D eigenvalue weighted by Gasteiger charge is -2.15. The molecule has 1 aromatic rings. The summed E-state index contributed by atoms with van der Waals surface area (Å²) in [5, 5.41) is 10.1. The minimum Gasteiger partial charge on any atom is -0.490 e. The van der Waals surface area contributed by atoms with E-state index < -0.39 is 6.10 Å². The molecule has 0 saturated carbocycles. The predicted octanol–water partition coefficient (Wildman–Crippen LogP) is 2.32. The van der Waals surface area contributed by atoms with Crippen molar-refractivity contribution < 1.29 is 19.4 Å². The molecule has 0 amide bonds. The van der Waals surface area contributed by atoms with E-state index >= 15 is 0 Å². The van der Waals surface area contributed by atoms with Gasteiger partial charge in [0.2, 0.25) is 0 Å². The van der Waals surface area contributed by atoms with Gasteiger partial charge in [0.25, 0.3) is 0 Å². The van der Waals surface area contributed by atoms with Crippen LogP contribution in [0.2, 0.25) is 5.02 Å². The Balaban J connectivity index is 2.50. The van der Waals surface area contributed by atoms with Crippen LogP contribution in [0.1, 0.15) is 24.2 Å². The van der Waals surface area contributed by atoms with Crippen LogP contribution in [-0.2, 0) is 4.74 Å². The SMILES string of the molecule is CC(C)OCC(O)COc1ccc(Cl)cc1C=O. The largest absolute Gasteiger partial charge is 0.490 e. The first-order chi connectivity index (χ1) is 8.52. The molecule has 0 aliphatic rings. The fraction of sp³-hybridized carbons (Fsp3) is 0.462. The quantitative estimate of drug-likeness (QED) is 0.774. The van der Waals surface area contributed by atoms with Crippen molar-refractivity contribution in [3.63, 3.8) is 0 Å². The number of aldehydes is 1. The molecule has 4 nitrogen and oxygen atoms in total. The van der Waals surface area contributed by atoms with Crippen molar-refractivity contribution in [3.8, 4) is 5.75 Å². The van der Waals surface area contributed by atoms with Gasteiger partial charge in [-0.05, 0) is 32.0 Å². The Kier molecular flexibility index (Phi) is 6.12. The van der Waals surface area contributed by atoms with Gasteiger partial charge in [-0.15, -0.1) is 0 Å². The van der Waals surface area contributed by atoms with Crippen LogP contribution >= 0.6 is 11.6 Å². The van der Waals surface area contributed by atoms with Crippen molar-refractivity contribution >= 4 is 17.9 Å².